The number of halogens is 2. The van der Waals surface area contributed by atoms with Crippen molar-refractivity contribution in [3.63, 3.8) is 0 Å². The first kappa shape index (κ1) is 15.6. The Morgan fingerprint density at radius 2 is 2.22 bits per heavy atom. The van der Waals surface area contributed by atoms with Gasteiger partial charge in [0.05, 0.1) is 11.0 Å². The highest BCUT2D eigenvalue weighted by Crippen LogP contribution is 2.25. The Kier molecular flexibility index (Phi) is 4.11. The molecule has 7 nitrogen and oxygen atoms in total. The summed E-state index contributed by atoms with van der Waals surface area (Å²) in [7, 11) is 0. The molecular formula is C14H11FIN5O2. The summed E-state index contributed by atoms with van der Waals surface area (Å²) in [4.78, 5) is 14.7. The number of rotatable bonds is 4. The van der Waals surface area contributed by atoms with E-state index >= 15 is 0 Å². The Balaban J connectivity index is 1.93. The fraction of sp³-hybridized carbons (Fsp3) is 0.143. The van der Waals surface area contributed by atoms with E-state index in [1.54, 1.807) is 18.3 Å². The van der Waals surface area contributed by atoms with Gasteiger partial charge in [-0.2, -0.15) is 5.10 Å². The molecular weight excluding hydrogens is 416 g/mol. The number of nitrogens with one attached hydrogen (secondary N) is 1. The van der Waals surface area contributed by atoms with Gasteiger partial charge in [0.15, 0.2) is 0 Å². The first-order chi connectivity index (χ1) is 11.0. The van der Waals surface area contributed by atoms with Crippen LogP contribution in [0.2, 0.25) is 0 Å². The third-order valence-electron chi connectivity index (χ3n) is 3.34. The van der Waals surface area contributed by atoms with Gasteiger partial charge in [-0.15, -0.1) is 0 Å². The number of nitrogens with zero attached hydrogens (tertiary/aromatic N) is 4. The number of hydrogen-bond donors (Lipinski definition) is 1. The summed E-state index contributed by atoms with van der Waals surface area (Å²) < 4.78 is 15.7. The van der Waals surface area contributed by atoms with Crippen LogP contribution in [-0.2, 0) is 0 Å². The number of fused-ring (bicyclic) bond motifs is 1. The van der Waals surface area contributed by atoms with Gasteiger partial charge in [-0.3, -0.25) is 10.1 Å². The zero-order valence-corrected chi connectivity index (χ0v) is 14.1. The Hall–Kier alpha value is -2.30. The molecule has 0 saturated carbocycles. The first-order valence-electron chi connectivity index (χ1n) is 6.66. The van der Waals surface area contributed by atoms with Crippen molar-refractivity contribution in [2.45, 2.75) is 13.0 Å². The molecule has 1 N–H and O–H groups in total. The monoisotopic (exact) mass is 427 g/mol. The molecule has 2 heterocycles. The van der Waals surface area contributed by atoms with Gasteiger partial charge >= 0.3 is 5.69 Å². The van der Waals surface area contributed by atoms with E-state index in [0.717, 1.165) is 15.3 Å². The zero-order chi connectivity index (χ0) is 16.6. The molecule has 118 valence electrons. The topological polar surface area (TPSA) is 85.4 Å². The summed E-state index contributed by atoms with van der Waals surface area (Å²) in [5.41, 5.74) is 0.776. The van der Waals surface area contributed by atoms with Crippen LogP contribution in [0.1, 0.15) is 18.5 Å². The van der Waals surface area contributed by atoms with E-state index in [0.29, 0.717) is 5.82 Å². The molecule has 0 fully saturated rings. The first-order valence-corrected chi connectivity index (χ1v) is 7.74. The number of benzene rings is 1. The maximum absolute atomic E-state index is 13.4. The second-order valence-electron chi connectivity index (χ2n) is 4.90. The second kappa shape index (κ2) is 6.07. The van der Waals surface area contributed by atoms with E-state index in [9.17, 15) is 14.5 Å². The number of anilines is 1. The molecule has 2 aromatic heterocycles. The molecule has 23 heavy (non-hydrogen) atoms. The van der Waals surface area contributed by atoms with Gasteiger partial charge in [-0.05, 0) is 59.3 Å². The van der Waals surface area contributed by atoms with E-state index in [2.05, 4.69) is 38.0 Å². The lowest BCUT2D eigenvalue weighted by Gasteiger charge is -2.16. The van der Waals surface area contributed by atoms with Crippen molar-refractivity contribution in [1.29, 1.82) is 0 Å². The fourth-order valence-corrected chi connectivity index (χ4v) is 3.01. The minimum absolute atomic E-state index is 0.154. The van der Waals surface area contributed by atoms with Crippen LogP contribution >= 0.6 is 22.6 Å². The minimum Gasteiger partial charge on any atom is -0.363 e. The molecule has 0 spiro atoms. The summed E-state index contributed by atoms with van der Waals surface area (Å²) in [6.07, 6.45) is 2.74. The van der Waals surface area contributed by atoms with Gasteiger partial charge in [0.25, 0.3) is 0 Å². The maximum Gasteiger partial charge on any atom is 0.333 e. The molecule has 0 bridgehead atoms. The third-order valence-corrected chi connectivity index (χ3v) is 4.32. The molecule has 3 aromatic rings. The minimum atomic E-state index is -0.530. The van der Waals surface area contributed by atoms with Crippen LogP contribution in [0.15, 0.2) is 36.7 Å². The molecule has 0 aliphatic rings. The second-order valence-corrected chi connectivity index (χ2v) is 6.06. The molecule has 0 unspecified atom stereocenters. The van der Waals surface area contributed by atoms with Gasteiger partial charge in [0.1, 0.15) is 17.8 Å². The average molecular weight is 427 g/mol. The van der Waals surface area contributed by atoms with Crippen molar-refractivity contribution in [3.8, 4) is 0 Å². The van der Waals surface area contributed by atoms with Crippen LogP contribution in [0.25, 0.3) is 5.65 Å². The summed E-state index contributed by atoms with van der Waals surface area (Å²) in [5.74, 6) is 0.137. The Labute approximate surface area is 143 Å². The van der Waals surface area contributed by atoms with Gasteiger partial charge in [-0.25, -0.2) is 13.9 Å². The molecule has 0 aliphatic heterocycles. The predicted molar refractivity (Wildman–Crippen MR) is 90.8 cm³/mol. The van der Waals surface area contributed by atoms with Crippen LogP contribution in [-0.4, -0.2) is 19.5 Å². The lowest BCUT2D eigenvalue weighted by atomic mass is 10.1. The molecule has 0 aliphatic carbocycles. The summed E-state index contributed by atoms with van der Waals surface area (Å²) in [6, 6.07) is 6.00. The SMILES string of the molecule is C[C@@H](Nc1ccn2ncc([N+](=O)[O-])c2n1)c1cc(F)ccc1I. The summed E-state index contributed by atoms with van der Waals surface area (Å²) in [5, 5.41) is 18.0. The van der Waals surface area contributed by atoms with E-state index in [4.69, 9.17) is 0 Å². The van der Waals surface area contributed by atoms with Gasteiger partial charge in [0, 0.05) is 9.77 Å². The van der Waals surface area contributed by atoms with Crippen molar-refractivity contribution in [3.05, 3.63) is 61.7 Å². The maximum atomic E-state index is 13.4. The highest BCUT2D eigenvalue weighted by molar-refractivity contribution is 14.1. The molecule has 0 radical (unpaired) electrons. The van der Waals surface area contributed by atoms with Crippen LogP contribution in [0.3, 0.4) is 0 Å². The highest BCUT2D eigenvalue weighted by Gasteiger charge is 2.17. The molecule has 1 atom stereocenters. The van der Waals surface area contributed by atoms with Gasteiger partial charge in [-0.1, -0.05) is 0 Å². The van der Waals surface area contributed by atoms with E-state index in [1.807, 2.05) is 6.92 Å². The smallest absolute Gasteiger partial charge is 0.333 e. The fourth-order valence-electron chi connectivity index (χ4n) is 2.21. The van der Waals surface area contributed by atoms with Crippen LogP contribution in [0.4, 0.5) is 15.9 Å². The number of hydrogen-bond acceptors (Lipinski definition) is 5. The van der Waals surface area contributed by atoms with Gasteiger partial charge in [0.2, 0.25) is 5.65 Å². The Morgan fingerprint density at radius 1 is 1.43 bits per heavy atom. The van der Waals surface area contributed by atoms with Crippen molar-refractivity contribution in [2.24, 2.45) is 0 Å². The average Bonchev–Trinajstić information content (AvgIpc) is 2.93. The zero-order valence-electron chi connectivity index (χ0n) is 11.9. The highest BCUT2D eigenvalue weighted by atomic mass is 127. The van der Waals surface area contributed by atoms with Crippen LogP contribution in [0.5, 0.6) is 0 Å². The third kappa shape index (κ3) is 3.09. The van der Waals surface area contributed by atoms with Gasteiger partial charge < -0.3 is 5.32 Å². The quantitative estimate of drug-likeness (QED) is 0.391. The predicted octanol–water partition coefficient (Wildman–Crippen LogP) is 3.55. The standard InChI is InChI=1S/C14H11FIN5O2/c1-8(10-6-9(15)2-3-11(10)16)18-13-4-5-20-14(19-13)12(7-17-20)21(22)23/h2-8H,1H3,(H,18,19)/t8-/m1/s1. The number of nitro groups is 1. The van der Waals surface area contributed by atoms with Crippen molar-refractivity contribution >= 4 is 39.7 Å². The Bertz CT molecular complexity index is 898. The van der Waals surface area contributed by atoms with Crippen LogP contribution in [0, 0.1) is 19.5 Å². The van der Waals surface area contributed by atoms with E-state index in [-0.39, 0.29) is 23.2 Å². The lowest BCUT2D eigenvalue weighted by molar-refractivity contribution is -0.383. The van der Waals surface area contributed by atoms with Crippen molar-refractivity contribution in [1.82, 2.24) is 14.6 Å². The van der Waals surface area contributed by atoms with Crippen molar-refractivity contribution < 1.29 is 9.31 Å². The largest absolute Gasteiger partial charge is 0.363 e. The van der Waals surface area contributed by atoms with E-state index < -0.39 is 4.92 Å². The van der Waals surface area contributed by atoms with E-state index in [1.165, 1.54) is 16.6 Å². The summed E-state index contributed by atoms with van der Waals surface area (Å²) in [6.45, 7) is 1.87. The Morgan fingerprint density at radius 3 is 2.96 bits per heavy atom. The number of aromatic nitrogens is 3. The van der Waals surface area contributed by atoms with Crippen molar-refractivity contribution in [2.75, 3.05) is 5.32 Å². The molecule has 0 saturated heterocycles. The molecule has 1 aromatic carbocycles. The molecule has 0 amide bonds. The summed E-state index contributed by atoms with van der Waals surface area (Å²) >= 11 is 2.13. The molecule has 3 rings (SSSR count). The molecule has 9 heteroatoms. The lowest BCUT2D eigenvalue weighted by Crippen LogP contribution is -2.10. The van der Waals surface area contributed by atoms with Crippen LogP contribution < -0.4 is 5.32 Å². The normalized spacial score (nSPS) is 12.3.